The summed E-state index contributed by atoms with van der Waals surface area (Å²) < 4.78 is 0. The fourth-order valence-corrected chi connectivity index (χ4v) is 1.40. The maximum absolute atomic E-state index is 10.1. The van der Waals surface area contributed by atoms with Gasteiger partial charge in [-0.05, 0) is 25.3 Å². The Balaban J connectivity index is 2.25. The van der Waals surface area contributed by atoms with Gasteiger partial charge in [0.15, 0.2) is 0 Å². The molecule has 0 aliphatic carbocycles. The molecule has 0 amide bonds. The van der Waals surface area contributed by atoms with Gasteiger partial charge in [0.1, 0.15) is 0 Å². The Morgan fingerprint density at radius 2 is 2.31 bits per heavy atom. The standard InChI is InChI=1S/C10H15NO2/c12-10(13)6-2-1-4-9-5-3-7-11-8-9/h1-2,4,6,9,11H,3,5,7-8H2,(H,12,13)/b4-1+,6-2+. The molecule has 1 fully saturated rings. The molecule has 0 aromatic heterocycles. The first-order valence-electron chi connectivity index (χ1n) is 4.57. The summed E-state index contributed by atoms with van der Waals surface area (Å²) in [4.78, 5) is 10.1. The predicted molar refractivity (Wildman–Crippen MR) is 51.5 cm³/mol. The number of carbonyl (C=O) groups is 1. The first kappa shape index (κ1) is 9.99. The molecule has 0 saturated carbocycles. The van der Waals surface area contributed by atoms with Crippen molar-refractivity contribution in [3.63, 3.8) is 0 Å². The lowest BCUT2D eigenvalue weighted by Crippen LogP contribution is -2.28. The molecule has 1 atom stereocenters. The summed E-state index contributed by atoms with van der Waals surface area (Å²) in [5, 5.41) is 11.6. The third-order valence-electron chi connectivity index (χ3n) is 2.07. The number of carboxylic acids is 1. The largest absolute Gasteiger partial charge is 0.478 e. The topological polar surface area (TPSA) is 49.3 Å². The highest BCUT2D eigenvalue weighted by Gasteiger charge is 2.07. The SMILES string of the molecule is O=C(O)/C=C/C=C/C1CCCNC1. The van der Waals surface area contributed by atoms with E-state index in [9.17, 15) is 4.79 Å². The van der Waals surface area contributed by atoms with Crippen LogP contribution < -0.4 is 5.32 Å². The van der Waals surface area contributed by atoms with Gasteiger partial charge in [-0.2, -0.15) is 0 Å². The summed E-state index contributed by atoms with van der Waals surface area (Å²) in [7, 11) is 0. The molecule has 1 aliphatic rings. The van der Waals surface area contributed by atoms with Gasteiger partial charge in [0, 0.05) is 12.6 Å². The van der Waals surface area contributed by atoms with Gasteiger partial charge in [0.05, 0.1) is 0 Å². The van der Waals surface area contributed by atoms with Crippen LogP contribution in [0.5, 0.6) is 0 Å². The maximum atomic E-state index is 10.1. The molecule has 72 valence electrons. The summed E-state index contributed by atoms with van der Waals surface area (Å²) >= 11 is 0. The van der Waals surface area contributed by atoms with Crippen LogP contribution in [0.25, 0.3) is 0 Å². The molecule has 0 spiro atoms. The van der Waals surface area contributed by atoms with Crippen molar-refractivity contribution in [3.05, 3.63) is 24.3 Å². The van der Waals surface area contributed by atoms with Gasteiger partial charge in [-0.1, -0.05) is 18.2 Å². The Hall–Kier alpha value is -1.09. The third-order valence-corrected chi connectivity index (χ3v) is 2.07. The monoisotopic (exact) mass is 181 g/mol. The molecular formula is C10H15NO2. The lowest BCUT2D eigenvalue weighted by Gasteiger charge is -2.18. The van der Waals surface area contributed by atoms with Crippen molar-refractivity contribution in [3.8, 4) is 0 Å². The fraction of sp³-hybridized carbons (Fsp3) is 0.500. The number of piperidine rings is 1. The number of hydrogen-bond acceptors (Lipinski definition) is 2. The van der Waals surface area contributed by atoms with Crippen molar-refractivity contribution in [2.24, 2.45) is 5.92 Å². The molecule has 0 aromatic carbocycles. The van der Waals surface area contributed by atoms with Crippen LogP contribution in [-0.2, 0) is 4.79 Å². The molecule has 1 aliphatic heterocycles. The molecule has 1 rings (SSSR count). The molecule has 0 bridgehead atoms. The van der Waals surface area contributed by atoms with Crippen molar-refractivity contribution >= 4 is 5.97 Å². The van der Waals surface area contributed by atoms with Crippen molar-refractivity contribution in [1.82, 2.24) is 5.32 Å². The van der Waals surface area contributed by atoms with E-state index in [0.29, 0.717) is 5.92 Å². The van der Waals surface area contributed by atoms with Gasteiger partial charge < -0.3 is 10.4 Å². The summed E-state index contributed by atoms with van der Waals surface area (Å²) in [6, 6.07) is 0. The van der Waals surface area contributed by atoms with Crippen molar-refractivity contribution in [1.29, 1.82) is 0 Å². The summed E-state index contributed by atoms with van der Waals surface area (Å²) in [6.07, 6.45) is 8.99. The molecular weight excluding hydrogens is 166 g/mol. The van der Waals surface area contributed by atoms with E-state index in [1.165, 1.54) is 12.8 Å². The van der Waals surface area contributed by atoms with E-state index >= 15 is 0 Å². The van der Waals surface area contributed by atoms with E-state index < -0.39 is 5.97 Å². The van der Waals surface area contributed by atoms with Gasteiger partial charge >= 0.3 is 5.97 Å². The summed E-state index contributed by atoms with van der Waals surface area (Å²) in [5.74, 6) is -0.335. The van der Waals surface area contributed by atoms with Crippen LogP contribution in [0.1, 0.15) is 12.8 Å². The number of allylic oxidation sites excluding steroid dienone is 2. The number of carboxylic acid groups (broad SMARTS) is 1. The van der Waals surface area contributed by atoms with Gasteiger partial charge in [-0.3, -0.25) is 0 Å². The van der Waals surface area contributed by atoms with Crippen LogP contribution in [0.15, 0.2) is 24.3 Å². The molecule has 3 heteroatoms. The molecule has 0 aromatic rings. The number of rotatable bonds is 3. The highest BCUT2D eigenvalue weighted by molar-refractivity contribution is 5.80. The van der Waals surface area contributed by atoms with Crippen LogP contribution in [-0.4, -0.2) is 24.2 Å². The van der Waals surface area contributed by atoms with Crippen LogP contribution >= 0.6 is 0 Å². The first-order valence-corrected chi connectivity index (χ1v) is 4.57. The molecule has 13 heavy (non-hydrogen) atoms. The molecule has 2 N–H and O–H groups in total. The Morgan fingerprint density at radius 1 is 1.46 bits per heavy atom. The zero-order valence-electron chi connectivity index (χ0n) is 7.57. The van der Waals surface area contributed by atoms with Crippen LogP contribution in [0.2, 0.25) is 0 Å². The third kappa shape index (κ3) is 4.48. The van der Waals surface area contributed by atoms with Crippen molar-refractivity contribution in [2.45, 2.75) is 12.8 Å². The number of aliphatic carboxylic acids is 1. The smallest absolute Gasteiger partial charge is 0.328 e. The summed E-state index contributed by atoms with van der Waals surface area (Å²) in [5.41, 5.74) is 0. The molecule has 1 unspecified atom stereocenters. The van der Waals surface area contributed by atoms with E-state index in [4.69, 9.17) is 5.11 Å². The second-order valence-corrected chi connectivity index (χ2v) is 3.19. The molecule has 3 nitrogen and oxygen atoms in total. The normalized spacial score (nSPS) is 24.2. The second-order valence-electron chi connectivity index (χ2n) is 3.19. The van der Waals surface area contributed by atoms with E-state index in [2.05, 4.69) is 11.4 Å². The van der Waals surface area contributed by atoms with Gasteiger partial charge in [-0.15, -0.1) is 0 Å². The van der Waals surface area contributed by atoms with Gasteiger partial charge in [0.2, 0.25) is 0 Å². The Morgan fingerprint density at radius 3 is 2.92 bits per heavy atom. The first-order chi connectivity index (χ1) is 6.29. The van der Waals surface area contributed by atoms with Gasteiger partial charge in [-0.25, -0.2) is 4.79 Å². The van der Waals surface area contributed by atoms with Crippen LogP contribution in [0, 0.1) is 5.92 Å². The highest BCUT2D eigenvalue weighted by Crippen LogP contribution is 2.10. The van der Waals surface area contributed by atoms with Crippen LogP contribution in [0.3, 0.4) is 0 Å². The van der Waals surface area contributed by atoms with Crippen molar-refractivity contribution in [2.75, 3.05) is 13.1 Å². The minimum atomic E-state index is -0.897. The lowest BCUT2D eigenvalue weighted by atomic mass is 9.99. The number of hydrogen-bond donors (Lipinski definition) is 2. The van der Waals surface area contributed by atoms with E-state index in [1.54, 1.807) is 6.08 Å². The van der Waals surface area contributed by atoms with Gasteiger partial charge in [0.25, 0.3) is 0 Å². The molecule has 0 radical (unpaired) electrons. The highest BCUT2D eigenvalue weighted by atomic mass is 16.4. The average molecular weight is 181 g/mol. The van der Waals surface area contributed by atoms with E-state index in [-0.39, 0.29) is 0 Å². The van der Waals surface area contributed by atoms with Crippen molar-refractivity contribution < 1.29 is 9.90 Å². The van der Waals surface area contributed by atoms with E-state index in [1.807, 2.05) is 6.08 Å². The Kier molecular flexibility index (Phi) is 4.26. The fourth-order valence-electron chi connectivity index (χ4n) is 1.40. The maximum Gasteiger partial charge on any atom is 0.328 e. The molecule has 1 saturated heterocycles. The predicted octanol–water partition coefficient (Wildman–Crippen LogP) is 1.18. The van der Waals surface area contributed by atoms with E-state index in [0.717, 1.165) is 19.2 Å². The second kappa shape index (κ2) is 5.54. The summed E-state index contributed by atoms with van der Waals surface area (Å²) in [6.45, 7) is 2.12. The zero-order chi connectivity index (χ0) is 9.52. The quantitative estimate of drug-likeness (QED) is 0.508. The van der Waals surface area contributed by atoms with Crippen LogP contribution in [0.4, 0.5) is 0 Å². The minimum absolute atomic E-state index is 0.562. The Bertz CT molecular complexity index is 215. The number of nitrogens with one attached hydrogen (secondary N) is 1. The average Bonchev–Trinajstić information content (AvgIpc) is 2.14. The minimum Gasteiger partial charge on any atom is -0.478 e. The Labute approximate surface area is 78.1 Å². The lowest BCUT2D eigenvalue weighted by molar-refractivity contribution is -0.131. The molecule has 1 heterocycles. The zero-order valence-corrected chi connectivity index (χ0v) is 7.57.